The van der Waals surface area contributed by atoms with Crippen LogP contribution >= 0.6 is 0 Å². The first-order valence-corrected chi connectivity index (χ1v) is 5.37. The molecule has 0 aromatic heterocycles. The highest BCUT2D eigenvalue weighted by Crippen LogP contribution is 2.21. The third-order valence-corrected chi connectivity index (χ3v) is 2.91. The van der Waals surface area contributed by atoms with Gasteiger partial charge in [-0.2, -0.15) is 0 Å². The van der Waals surface area contributed by atoms with Gasteiger partial charge in [-0.25, -0.2) is 0 Å². The van der Waals surface area contributed by atoms with Crippen LogP contribution in [0.4, 0.5) is 0 Å². The molecule has 1 aromatic rings. The lowest BCUT2D eigenvalue weighted by Gasteiger charge is -2.15. The molecular weight excluding hydrogens is 188 g/mol. The number of hydrogen-bond donors (Lipinski definition) is 0. The number of hydrogen-bond acceptors (Lipinski definition) is 2. The molecule has 0 fully saturated rings. The molecule has 1 aromatic carbocycles. The molecule has 0 atom stereocenters. The van der Waals surface area contributed by atoms with E-state index < -0.39 is 0 Å². The van der Waals surface area contributed by atoms with E-state index in [0.717, 1.165) is 17.5 Å². The van der Waals surface area contributed by atoms with Crippen LogP contribution < -0.4 is 0 Å². The molecule has 2 nitrogen and oxygen atoms in total. The molecule has 0 bridgehead atoms. The Morgan fingerprint density at radius 3 is 2.80 bits per heavy atom. The molecular formula is C13H14O2. The second-order valence-electron chi connectivity index (χ2n) is 3.98. The van der Waals surface area contributed by atoms with Gasteiger partial charge < -0.3 is 0 Å². The van der Waals surface area contributed by atoms with Crippen LogP contribution in [0.3, 0.4) is 0 Å². The third-order valence-electron chi connectivity index (χ3n) is 2.91. The number of carbonyl (C=O) groups is 2. The van der Waals surface area contributed by atoms with Gasteiger partial charge in [0.15, 0.2) is 5.78 Å². The normalized spacial score (nSPS) is 14.9. The van der Waals surface area contributed by atoms with Crippen molar-refractivity contribution in [1.29, 1.82) is 0 Å². The number of rotatable bonds is 2. The molecule has 0 saturated carbocycles. The summed E-state index contributed by atoms with van der Waals surface area (Å²) >= 11 is 0. The molecule has 0 radical (unpaired) electrons. The zero-order chi connectivity index (χ0) is 10.8. The van der Waals surface area contributed by atoms with Crippen molar-refractivity contribution >= 4 is 11.6 Å². The summed E-state index contributed by atoms with van der Waals surface area (Å²) in [6, 6.07) is 5.71. The van der Waals surface area contributed by atoms with Crippen LogP contribution in [0, 0.1) is 0 Å². The minimum atomic E-state index is 0.176. The fraction of sp³-hybridized carbons (Fsp3) is 0.385. The summed E-state index contributed by atoms with van der Waals surface area (Å²) in [6.07, 6.45) is 2.49. The van der Waals surface area contributed by atoms with E-state index >= 15 is 0 Å². The fourth-order valence-corrected chi connectivity index (χ4v) is 1.98. The van der Waals surface area contributed by atoms with Crippen molar-refractivity contribution in [3.05, 3.63) is 34.9 Å². The fourth-order valence-electron chi connectivity index (χ4n) is 1.98. The van der Waals surface area contributed by atoms with Crippen LogP contribution in [-0.2, 0) is 17.6 Å². The Kier molecular flexibility index (Phi) is 2.67. The summed E-state index contributed by atoms with van der Waals surface area (Å²) in [7, 11) is 0. The Morgan fingerprint density at radius 1 is 1.27 bits per heavy atom. The Bertz CT molecular complexity index is 419. The summed E-state index contributed by atoms with van der Waals surface area (Å²) < 4.78 is 0. The smallest absolute Gasteiger partial charge is 0.162 e. The predicted octanol–water partition coefficient (Wildman–Crippen LogP) is 2.34. The van der Waals surface area contributed by atoms with Crippen LogP contribution in [0.25, 0.3) is 0 Å². The first-order valence-electron chi connectivity index (χ1n) is 5.37. The molecule has 1 aliphatic carbocycles. The Balaban J connectivity index is 2.34. The highest BCUT2D eigenvalue weighted by atomic mass is 16.1. The van der Waals surface area contributed by atoms with E-state index in [-0.39, 0.29) is 5.78 Å². The molecule has 2 heteroatoms. The Hall–Kier alpha value is -1.44. The maximum absolute atomic E-state index is 11.5. The first-order chi connectivity index (χ1) is 7.20. The van der Waals surface area contributed by atoms with Gasteiger partial charge in [-0.05, 0) is 23.6 Å². The molecule has 0 heterocycles. The minimum Gasteiger partial charge on any atom is -0.299 e. The van der Waals surface area contributed by atoms with Crippen molar-refractivity contribution in [3.63, 3.8) is 0 Å². The van der Waals surface area contributed by atoms with E-state index in [1.165, 1.54) is 5.56 Å². The summed E-state index contributed by atoms with van der Waals surface area (Å²) in [5, 5.41) is 0. The summed E-state index contributed by atoms with van der Waals surface area (Å²) in [5.74, 6) is 0.478. The van der Waals surface area contributed by atoms with E-state index in [9.17, 15) is 9.59 Å². The zero-order valence-corrected chi connectivity index (χ0v) is 8.88. The first kappa shape index (κ1) is 10.1. The predicted molar refractivity (Wildman–Crippen MR) is 58.1 cm³/mol. The Morgan fingerprint density at radius 2 is 2.07 bits per heavy atom. The minimum absolute atomic E-state index is 0.176. The second kappa shape index (κ2) is 3.97. The molecule has 0 saturated heterocycles. The number of Topliss-reactive ketones (excluding diaryl/α,β-unsaturated/α-hetero) is 2. The van der Waals surface area contributed by atoms with Gasteiger partial charge in [0, 0.05) is 24.8 Å². The molecule has 15 heavy (non-hydrogen) atoms. The highest BCUT2D eigenvalue weighted by molar-refractivity contribution is 5.96. The van der Waals surface area contributed by atoms with Crippen molar-refractivity contribution < 1.29 is 9.59 Å². The van der Waals surface area contributed by atoms with Gasteiger partial charge in [0.1, 0.15) is 5.78 Å². The number of carbonyl (C=O) groups excluding carboxylic acids is 2. The van der Waals surface area contributed by atoms with Crippen molar-refractivity contribution in [1.82, 2.24) is 0 Å². The monoisotopic (exact) mass is 202 g/mol. The van der Waals surface area contributed by atoms with E-state index in [0.29, 0.717) is 25.0 Å². The van der Waals surface area contributed by atoms with Crippen molar-refractivity contribution in [3.8, 4) is 0 Å². The van der Waals surface area contributed by atoms with Gasteiger partial charge in [0.05, 0.1) is 0 Å². The van der Waals surface area contributed by atoms with Gasteiger partial charge >= 0.3 is 0 Å². The number of ketones is 2. The molecule has 0 amide bonds. The standard InChI is InChI=1S/C13H14O2/c1-2-13(15)11-4-3-10-8-12(14)6-5-9(10)7-11/h3-4,7H,2,5-6,8H2,1H3. The molecule has 2 rings (SSSR count). The van der Waals surface area contributed by atoms with Crippen LogP contribution in [0.5, 0.6) is 0 Å². The van der Waals surface area contributed by atoms with E-state index in [1.807, 2.05) is 25.1 Å². The van der Waals surface area contributed by atoms with Crippen LogP contribution in [-0.4, -0.2) is 11.6 Å². The average Bonchev–Trinajstić information content (AvgIpc) is 2.27. The Labute approximate surface area is 89.3 Å². The quantitative estimate of drug-likeness (QED) is 0.690. The summed E-state index contributed by atoms with van der Waals surface area (Å²) in [4.78, 5) is 22.7. The maximum atomic E-state index is 11.5. The number of benzene rings is 1. The lowest BCUT2D eigenvalue weighted by atomic mass is 9.89. The topological polar surface area (TPSA) is 34.1 Å². The van der Waals surface area contributed by atoms with Crippen LogP contribution in [0.2, 0.25) is 0 Å². The number of fused-ring (bicyclic) bond motifs is 1. The van der Waals surface area contributed by atoms with Crippen molar-refractivity contribution in [2.75, 3.05) is 0 Å². The van der Waals surface area contributed by atoms with Gasteiger partial charge in [-0.3, -0.25) is 9.59 Å². The maximum Gasteiger partial charge on any atom is 0.162 e. The van der Waals surface area contributed by atoms with E-state index in [1.54, 1.807) is 0 Å². The molecule has 0 unspecified atom stereocenters. The van der Waals surface area contributed by atoms with Gasteiger partial charge in [0.25, 0.3) is 0 Å². The van der Waals surface area contributed by atoms with Crippen LogP contribution in [0.15, 0.2) is 18.2 Å². The van der Waals surface area contributed by atoms with Gasteiger partial charge in [-0.15, -0.1) is 0 Å². The number of aryl methyl sites for hydroxylation is 1. The third kappa shape index (κ3) is 1.99. The van der Waals surface area contributed by atoms with Gasteiger partial charge in [-0.1, -0.05) is 19.1 Å². The molecule has 0 aliphatic heterocycles. The highest BCUT2D eigenvalue weighted by Gasteiger charge is 2.16. The van der Waals surface area contributed by atoms with Gasteiger partial charge in [0.2, 0.25) is 0 Å². The summed E-state index contributed by atoms with van der Waals surface area (Å²) in [5.41, 5.74) is 3.05. The van der Waals surface area contributed by atoms with E-state index in [4.69, 9.17) is 0 Å². The molecule has 78 valence electrons. The SMILES string of the molecule is CCC(=O)c1ccc2c(c1)CCC(=O)C2. The lowest BCUT2D eigenvalue weighted by Crippen LogP contribution is -2.14. The lowest BCUT2D eigenvalue weighted by molar-refractivity contribution is -0.118. The molecule has 0 N–H and O–H groups in total. The van der Waals surface area contributed by atoms with Crippen molar-refractivity contribution in [2.24, 2.45) is 0 Å². The second-order valence-corrected chi connectivity index (χ2v) is 3.98. The average molecular weight is 202 g/mol. The zero-order valence-electron chi connectivity index (χ0n) is 8.88. The summed E-state index contributed by atoms with van der Waals surface area (Å²) in [6.45, 7) is 1.87. The largest absolute Gasteiger partial charge is 0.299 e. The van der Waals surface area contributed by atoms with Crippen molar-refractivity contribution in [2.45, 2.75) is 32.6 Å². The molecule has 1 aliphatic rings. The van der Waals surface area contributed by atoms with Crippen LogP contribution in [0.1, 0.15) is 41.3 Å². The molecule has 0 spiro atoms. The van der Waals surface area contributed by atoms with E-state index in [2.05, 4.69) is 0 Å².